The zero-order valence-corrected chi connectivity index (χ0v) is 8.39. The van der Waals surface area contributed by atoms with Crippen molar-refractivity contribution in [2.45, 2.75) is 0 Å². The molecule has 4 nitrogen and oxygen atoms in total. The summed E-state index contributed by atoms with van der Waals surface area (Å²) in [5.74, 6) is -0.677. The van der Waals surface area contributed by atoms with E-state index in [4.69, 9.17) is 28.9 Å². The van der Waals surface area contributed by atoms with Gasteiger partial charge < -0.3 is 11.2 Å². The maximum atomic E-state index is 10.9. The summed E-state index contributed by atoms with van der Waals surface area (Å²) in [4.78, 5) is 21.0. The van der Waals surface area contributed by atoms with Gasteiger partial charge in [-0.3, -0.25) is 9.59 Å². The third-order valence-corrected chi connectivity index (χ3v) is 2.10. The van der Waals surface area contributed by atoms with Crippen LogP contribution in [-0.2, 0) is 4.79 Å². The van der Waals surface area contributed by atoms with Crippen LogP contribution in [0.1, 0.15) is 10.4 Å². The Morgan fingerprint density at radius 1 is 1.29 bits per heavy atom. The van der Waals surface area contributed by atoms with E-state index in [1.54, 1.807) is 0 Å². The molecule has 0 saturated carbocycles. The fourth-order valence-corrected chi connectivity index (χ4v) is 1.28. The third kappa shape index (κ3) is 2.45. The Morgan fingerprint density at radius 3 is 2.07 bits per heavy atom. The Bertz CT molecular complexity index is 356. The molecule has 0 spiro atoms. The molecule has 0 atom stereocenters. The van der Waals surface area contributed by atoms with Crippen molar-refractivity contribution in [2.75, 3.05) is 5.73 Å². The van der Waals surface area contributed by atoms with E-state index in [1.165, 1.54) is 12.1 Å². The molecule has 0 radical (unpaired) electrons. The molecule has 14 heavy (non-hydrogen) atoms. The second-order valence-electron chi connectivity index (χ2n) is 2.34. The first kappa shape index (κ1) is 12.9. The molecule has 0 heterocycles. The van der Waals surface area contributed by atoms with E-state index >= 15 is 0 Å². The average Bonchev–Trinajstić information content (AvgIpc) is 2.12. The smallest absolute Gasteiger partial charge is 0.225 e. The molecule has 1 aromatic rings. The van der Waals surface area contributed by atoms with Gasteiger partial charge in [-0.15, -0.1) is 0 Å². The molecule has 0 bridgehead atoms. The Kier molecular flexibility index (Phi) is 4.56. The van der Waals surface area contributed by atoms with E-state index in [2.05, 4.69) is 0 Å². The summed E-state index contributed by atoms with van der Waals surface area (Å²) in [5.41, 5.74) is 5.77. The van der Waals surface area contributed by atoms with Crippen molar-refractivity contribution in [2.24, 2.45) is 0 Å². The summed E-state index contributed by atoms with van der Waals surface area (Å²) in [6.45, 7) is 0. The molecule has 4 N–H and O–H groups in total. The Balaban J connectivity index is 0.00000169. The lowest BCUT2D eigenvalue weighted by molar-refractivity contribution is -0.104. The van der Waals surface area contributed by atoms with Gasteiger partial charge in [0, 0.05) is 5.56 Å². The van der Waals surface area contributed by atoms with Crippen molar-refractivity contribution >= 4 is 41.0 Å². The number of ketones is 1. The highest BCUT2D eigenvalue weighted by Gasteiger charge is 2.09. The standard InChI is InChI=1S/C8H5Cl2NO2.H2O/c9-5-1-4(7(13)3-12)2-6(10)8(5)11;/h1-3H,11H2;1H2. The van der Waals surface area contributed by atoms with Crippen LogP contribution in [0, 0.1) is 0 Å². The number of carbonyl (C=O) groups is 2. The van der Waals surface area contributed by atoms with E-state index < -0.39 is 5.78 Å². The van der Waals surface area contributed by atoms with E-state index in [0.717, 1.165) is 0 Å². The van der Waals surface area contributed by atoms with Crippen molar-refractivity contribution in [3.05, 3.63) is 27.7 Å². The number of aldehydes is 1. The second kappa shape index (κ2) is 4.95. The van der Waals surface area contributed by atoms with Gasteiger partial charge >= 0.3 is 0 Å². The molecule has 0 aliphatic rings. The molecule has 0 unspecified atom stereocenters. The summed E-state index contributed by atoms with van der Waals surface area (Å²) in [6.07, 6.45) is 0.193. The van der Waals surface area contributed by atoms with E-state index in [0.29, 0.717) is 0 Å². The highest BCUT2D eigenvalue weighted by atomic mass is 35.5. The zero-order valence-electron chi connectivity index (χ0n) is 6.88. The summed E-state index contributed by atoms with van der Waals surface area (Å²) in [6, 6.07) is 2.61. The van der Waals surface area contributed by atoms with Crippen LogP contribution in [0.5, 0.6) is 0 Å². The Labute approximate surface area is 89.9 Å². The maximum absolute atomic E-state index is 10.9. The van der Waals surface area contributed by atoms with E-state index in [9.17, 15) is 9.59 Å². The van der Waals surface area contributed by atoms with Crippen molar-refractivity contribution in [3.63, 3.8) is 0 Å². The maximum Gasteiger partial charge on any atom is 0.225 e. The summed E-state index contributed by atoms with van der Waals surface area (Å²) < 4.78 is 0. The summed E-state index contributed by atoms with van der Waals surface area (Å²) in [7, 11) is 0. The number of hydrogen-bond donors (Lipinski definition) is 1. The quantitative estimate of drug-likeness (QED) is 0.361. The minimum atomic E-state index is -0.677. The van der Waals surface area contributed by atoms with Gasteiger partial charge in [-0.1, -0.05) is 23.2 Å². The number of Topliss-reactive ketones (excluding diaryl/α,β-unsaturated/α-hetero) is 1. The van der Waals surface area contributed by atoms with Gasteiger partial charge in [0.2, 0.25) is 5.78 Å². The first-order valence-corrected chi connectivity index (χ1v) is 4.06. The van der Waals surface area contributed by atoms with Gasteiger partial charge in [0.15, 0.2) is 6.29 Å². The molecule has 1 aromatic carbocycles. The number of hydrogen-bond acceptors (Lipinski definition) is 3. The number of rotatable bonds is 2. The topological polar surface area (TPSA) is 91.7 Å². The fourth-order valence-electron chi connectivity index (χ4n) is 0.795. The molecule has 0 fully saturated rings. The summed E-state index contributed by atoms with van der Waals surface area (Å²) >= 11 is 11.3. The van der Waals surface area contributed by atoms with Crippen LogP contribution < -0.4 is 5.73 Å². The number of halogens is 2. The van der Waals surface area contributed by atoms with Crippen LogP contribution in [0.3, 0.4) is 0 Å². The van der Waals surface area contributed by atoms with Crippen LogP contribution in [0.15, 0.2) is 12.1 Å². The lowest BCUT2D eigenvalue weighted by Crippen LogP contribution is -2.01. The molecule has 0 amide bonds. The first-order valence-electron chi connectivity index (χ1n) is 3.30. The molecule has 0 aromatic heterocycles. The normalized spacial score (nSPS) is 9.00. The molecule has 1 rings (SSSR count). The van der Waals surface area contributed by atoms with Gasteiger partial charge in [0.25, 0.3) is 0 Å². The average molecular weight is 236 g/mol. The molecule has 76 valence electrons. The van der Waals surface area contributed by atoms with Crippen molar-refractivity contribution in [1.82, 2.24) is 0 Å². The first-order chi connectivity index (χ1) is 6.06. The third-order valence-electron chi connectivity index (χ3n) is 1.47. The van der Waals surface area contributed by atoms with E-state index in [1.807, 2.05) is 0 Å². The van der Waals surface area contributed by atoms with Crippen LogP contribution >= 0.6 is 23.2 Å². The van der Waals surface area contributed by atoms with Gasteiger partial charge in [-0.2, -0.15) is 0 Å². The van der Waals surface area contributed by atoms with Crippen LogP contribution in [0.25, 0.3) is 0 Å². The number of nitrogens with two attached hydrogens (primary N) is 1. The zero-order chi connectivity index (χ0) is 10.0. The molecule has 0 aliphatic carbocycles. The van der Waals surface area contributed by atoms with Crippen LogP contribution in [-0.4, -0.2) is 17.5 Å². The highest BCUT2D eigenvalue weighted by molar-refractivity contribution is 6.41. The molecule has 0 saturated heterocycles. The Morgan fingerprint density at radius 2 is 1.71 bits per heavy atom. The predicted octanol–water partition coefficient (Wildman–Crippen LogP) is 1.13. The molecular formula is C8H7Cl2NO3. The van der Waals surface area contributed by atoms with Crippen molar-refractivity contribution < 1.29 is 15.1 Å². The molecule has 6 heteroatoms. The predicted molar refractivity (Wildman–Crippen MR) is 54.9 cm³/mol. The van der Waals surface area contributed by atoms with Gasteiger partial charge in [-0.05, 0) is 12.1 Å². The number of anilines is 1. The van der Waals surface area contributed by atoms with E-state index in [-0.39, 0.29) is 33.1 Å². The van der Waals surface area contributed by atoms with Crippen molar-refractivity contribution in [1.29, 1.82) is 0 Å². The van der Waals surface area contributed by atoms with Crippen LogP contribution in [0.2, 0.25) is 10.0 Å². The van der Waals surface area contributed by atoms with Crippen LogP contribution in [0.4, 0.5) is 5.69 Å². The SMILES string of the molecule is Nc1c(Cl)cc(C(=O)C=O)cc1Cl.O. The Hall–Kier alpha value is -1.10. The number of benzene rings is 1. The largest absolute Gasteiger partial charge is 0.412 e. The monoisotopic (exact) mass is 235 g/mol. The second-order valence-corrected chi connectivity index (χ2v) is 3.15. The number of nitrogen functional groups attached to an aromatic ring is 1. The van der Waals surface area contributed by atoms with Crippen molar-refractivity contribution in [3.8, 4) is 0 Å². The molecule has 0 aliphatic heterocycles. The fraction of sp³-hybridized carbons (Fsp3) is 0. The van der Waals surface area contributed by atoms with Gasteiger partial charge in [0.1, 0.15) is 0 Å². The number of carbonyl (C=O) groups excluding carboxylic acids is 2. The lowest BCUT2D eigenvalue weighted by atomic mass is 10.1. The highest BCUT2D eigenvalue weighted by Crippen LogP contribution is 2.28. The van der Waals surface area contributed by atoms with Gasteiger partial charge in [0.05, 0.1) is 15.7 Å². The van der Waals surface area contributed by atoms with Gasteiger partial charge in [-0.25, -0.2) is 0 Å². The lowest BCUT2D eigenvalue weighted by Gasteiger charge is -2.02. The summed E-state index contributed by atoms with van der Waals surface area (Å²) in [5, 5.41) is 0.329. The minimum Gasteiger partial charge on any atom is -0.412 e. The minimum absolute atomic E-state index is 0. The molecular weight excluding hydrogens is 229 g/mol.